The molecule has 3 fully saturated rings. The van der Waals surface area contributed by atoms with Crippen molar-refractivity contribution in [3.8, 4) is 0 Å². The molecule has 6 rings (SSSR count). The number of amides is 4. The molecule has 2 aromatic rings. The van der Waals surface area contributed by atoms with Crippen LogP contribution in [0.25, 0.3) is 0 Å². The highest BCUT2D eigenvalue weighted by molar-refractivity contribution is 6.10. The highest BCUT2D eigenvalue weighted by Crippen LogP contribution is 2.55. The second kappa shape index (κ2) is 7.69. The minimum absolute atomic E-state index is 0.142. The quantitative estimate of drug-likeness (QED) is 0.640. The van der Waals surface area contributed by atoms with E-state index in [4.69, 9.17) is 0 Å². The SMILES string of the molecule is CC(C1CC1)(C1CC1)N(Cc1ccccc1)C(=O)CN1C(=O)NC2(CCc3ccccc32)C1=O. The number of carbonyl (C=O) groups excluding carboxylic acids is 3. The molecule has 1 atom stereocenters. The largest absolute Gasteiger partial charge is 0.331 e. The molecule has 6 nitrogen and oxygen atoms in total. The van der Waals surface area contributed by atoms with Gasteiger partial charge in [-0.1, -0.05) is 54.6 Å². The minimum atomic E-state index is -1.03. The molecule has 1 saturated heterocycles. The number of hydrogen-bond acceptors (Lipinski definition) is 3. The van der Waals surface area contributed by atoms with E-state index in [-0.39, 0.29) is 23.9 Å². The summed E-state index contributed by atoms with van der Waals surface area (Å²) in [6.07, 6.45) is 5.81. The van der Waals surface area contributed by atoms with E-state index in [0.29, 0.717) is 24.8 Å². The third-order valence-electron chi connectivity index (χ3n) is 8.59. The Labute approximate surface area is 200 Å². The Hall–Kier alpha value is -3.15. The van der Waals surface area contributed by atoms with Crippen LogP contribution in [0.2, 0.25) is 0 Å². The van der Waals surface area contributed by atoms with Crippen LogP contribution in [0.4, 0.5) is 4.79 Å². The zero-order chi connectivity index (χ0) is 23.5. The first-order chi connectivity index (χ1) is 16.4. The molecule has 1 spiro atoms. The van der Waals surface area contributed by atoms with Gasteiger partial charge >= 0.3 is 6.03 Å². The summed E-state index contributed by atoms with van der Waals surface area (Å²) in [5.41, 5.74) is 1.76. The number of benzene rings is 2. The summed E-state index contributed by atoms with van der Waals surface area (Å²) in [7, 11) is 0. The maximum atomic E-state index is 13.9. The standard InChI is InChI=1S/C28H31N3O3/c1-27(21-11-12-21,22-13-14-22)31(17-19-7-3-2-4-8-19)24(32)18-30-25(33)28(29-26(30)34)16-15-20-9-5-6-10-23(20)28/h2-10,21-22H,11-18H2,1H3,(H,29,34). The van der Waals surface area contributed by atoms with E-state index < -0.39 is 11.6 Å². The Balaban J connectivity index is 1.29. The molecule has 4 amide bonds. The number of nitrogens with zero attached hydrogens (tertiary/aromatic N) is 2. The first-order valence-electron chi connectivity index (χ1n) is 12.5. The third kappa shape index (κ3) is 3.26. The average molecular weight is 458 g/mol. The molecule has 176 valence electrons. The number of fused-ring (bicyclic) bond motifs is 2. The lowest BCUT2D eigenvalue weighted by Crippen LogP contribution is -2.55. The first-order valence-corrected chi connectivity index (χ1v) is 12.5. The predicted octanol–water partition coefficient (Wildman–Crippen LogP) is 3.99. The summed E-state index contributed by atoms with van der Waals surface area (Å²) in [6.45, 7) is 2.51. The van der Waals surface area contributed by atoms with Crippen LogP contribution in [-0.2, 0) is 28.1 Å². The van der Waals surface area contributed by atoms with Crippen molar-refractivity contribution in [3.63, 3.8) is 0 Å². The van der Waals surface area contributed by atoms with Crippen LogP contribution in [-0.4, -0.2) is 39.7 Å². The van der Waals surface area contributed by atoms with Crippen LogP contribution in [0.3, 0.4) is 0 Å². The molecule has 0 aromatic heterocycles. The third-order valence-corrected chi connectivity index (χ3v) is 8.59. The molecule has 1 heterocycles. The van der Waals surface area contributed by atoms with Gasteiger partial charge < -0.3 is 10.2 Å². The summed E-state index contributed by atoms with van der Waals surface area (Å²) < 4.78 is 0. The van der Waals surface area contributed by atoms with E-state index in [1.165, 1.54) is 0 Å². The molecule has 1 N–H and O–H groups in total. The maximum Gasteiger partial charge on any atom is 0.325 e. The molecule has 2 saturated carbocycles. The lowest BCUT2D eigenvalue weighted by molar-refractivity contribution is -0.145. The van der Waals surface area contributed by atoms with Crippen molar-refractivity contribution in [2.24, 2.45) is 11.8 Å². The molecule has 1 aliphatic heterocycles. The van der Waals surface area contributed by atoms with Gasteiger partial charge in [0.25, 0.3) is 5.91 Å². The highest BCUT2D eigenvalue weighted by atomic mass is 16.2. The van der Waals surface area contributed by atoms with Gasteiger partial charge in [-0.25, -0.2) is 4.79 Å². The van der Waals surface area contributed by atoms with Crippen molar-refractivity contribution in [2.75, 3.05) is 6.54 Å². The van der Waals surface area contributed by atoms with Crippen molar-refractivity contribution in [1.82, 2.24) is 15.1 Å². The molecule has 0 bridgehead atoms. The second-order valence-electron chi connectivity index (χ2n) is 10.6. The topological polar surface area (TPSA) is 69.7 Å². The van der Waals surface area contributed by atoms with Crippen molar-refractivity contribution < 1.29 is 14.4 Å². The maximum absolute atomic E-state index is 13.9. The van der Waals surface area contributed by atoms with Gasteiger partial charge in [0.05, 0.1) is 0 Å². The number of urea groups is 1. The van der Waals surface area contributed by atoms with Crippen LogP contribution in [0, 0.1) is 11.8 Å². The summed E-state index contributed by atoms with van der Waals surface area (Å²) in [4.78, 5) is 43.7. The molecule has 4 aliphatic rings. The summed E-state index contributed by atoms with van der Waals surface area (Å²) in [6, 6.07) is 17.4. The average Bonchev–Trinajstić information content (AvgIpc) is 3.77. The lowest BCUT2D eigenvalue weighted by Gasteiger charge is -2.43. The molecular formula is C28H31N3O3. The van der Waals surface area contributed by atoms with E-state index in [0.717, 1.165) is 53.7 Å². The molecular weight excluding hydrogens is 426 g/mol. The van der Waals surface area contributed by atoms with Crippen LogP contribution >= 0.6 is 0 Å². The Morgan fingerprint density at radius 3 is 2.35 bits per heavy atom. The molecule has 3 aliphatic carbocycles. The van der Waals surface area contributed by atoms with Crippen molar-refractivity contribution in [3.05, 3.63) is 71.3 Å². The zero-order valence-corrected chi connectivity index (χ0v) is 19.6. The van der Waals surface area contributed by atoms with Crippen LogP contribution < -0.4 is 5.32 Å². The zero-order valence-electron chi connectivity index (χ0n) is 19.6. The monoisotopic (exact) mass is 457 g/mol. The minimum Gasteiger partial charge on any atom is -0.331 e. The fourth-order valence-corrected chi connectivity index (χ4v) is 6.36. The molecule has 0 radical (unpaired) electrons. The number of aryl methyl sites for hydroxylation is 1. The second-order valence-corrected chi connectivity index (χ2v) is 10.6. The van der Waals surface area contributed by atoms with Gasteiger partial charge in [0.15, 0.2) is 0 Å². The van der Waals surface area contributed by atoms with E-state index in [1.807, 2.05) is 59.5 Å². The van der Waals surface area contributed by atoms with Gasteiger partial charge in [-0.05, 0) is 74.0 Å². The van der Waals surface area contributed by atoms with Crippen LogP contribution in [0.5, 0.6) is 0 Å². The number of imide groups is 1. The predicted molar refractivity (Wildman–Crippen MR) is 128 cm³/mol. The van der Waals surface area contributed by atoms with Crippen LogP contribution in [0.1, 0.15) is 55.7 Å². The van der Waals surface area contributed by atoms with Gasteiger partial charge in [0.1, 0.15) is 12.1 Å². The number of nitrogens with one attached hydrogen (secondary N) is 1. The Morgan fingerprint density at radius 1 is 1.03 bits per heavy atom. The Morgan fingerprint density at radius 2 is 1.68 bits per heavy atom. The Bertz CT molecular complexity index is 1140. The van der Waals surface area contributed by atoms with Gasteiger partial charge in [-0.2, -0.15) is 0 Å². The number of rotatable bonds is 7. The smallest absolute Gasteiger partial charge is 0.325 e. The molecule has 1 unspecified atom stereocenters. The van der Waals surface area contributed by atoms with Crippen molar-refractivity contribution in [1.29, 1.82) is 0 Å². The molecule has 34 heavy (non-hydrogen) atoms. The number of carbonyl (C=O) groups is 3. The van der Waals surface area contributed by atoms with E-state index in [9.17, 15) is 14.4 Å². The summed E-state index contributed by atoms with van der Waals surface area (Å²) in [5.74, 6) is 0.541. The molecule has 2 aromatic carbocycles. The lowest BCUT2D eigenvalue weighted by atomic mass is 9.86. The van der Waals surface area contributed by atoms with E-state index in [2.05, 4.69) is 12.2 Å². The summed E-state index contributed by atoms with van der Waals surface area (Å²) in [5, 5.41) is 2.95. The first kappa shape index (κ1) is 21.4. The fourth-order valence-electron chi connectivity index (χ4n) is 6.36. The van der Waals surface area contributed by atoms with Crippen LogP contribution in [0.15, 0.2) is 54.6 Å². The van der Waals surface area contributed by atoms with Crippen molar-refractivity contribution >= 4 is 17.8 Å². The molecule has 6 heteroatoms. The fraction of sp³-hybridized carbons (Fsp3) is 0.464. The number of hydrogen-bond donors (Lipinski definition) is 1. The Kier molecular flexibility index (Phi) is 4.84. The summed E-state index contributed by atoms with van der Waals surface area (Å²) >= 11 is 0. The van der Waals surface area contributed by atoms with Crippen molar-refractivity contribution in [2.45, 2.75) is 63.1 Å². The van der Waals surface area contributed by atoms with Gasteiger partial charge in [-0.3, -0.25) is 14.5 Å². The normalized spacial score (nSPS) is 23.9. The van der Waals surface area contributed by atoms with E-state index in [1.54, 1.807) is 0 Å². The van der Waals surface area contributed by atoms with E-state index >= 15 is 0 Å². The van der Waals surface area contributed by atoms with Gasteiger partial charge in [-0.15, -0.1) is 0 Å². The van der Waals surface area contributed by atoms with Gasteiger partial charge in [0, 0.05) is 12.1 Å². The van der Waals surface area contributed by atoms with Gasteiger partial charge in [0.2, 0.25) is 5.91 Å². The highest BCUT2D eigenvalue weighted by Gasteiger charge is 2.58.